The zero-order chi connectivity index (χ0) is 14.8. The van der Waals surface area contributed by atoms with Crippen molar-refractivity contribution in [1.29, 1.82) is 0 Å². The summed E-state index contributed by atoms with van der Waals surface area (Å²) in [5, 5.41) is 9.03. The van der Waals surface area contributed by atoms with Gasteiger partial charge in [0.15, 0.2) is 0 Å². The highest BCUT2D eigenvalue weighted by Crippen LogP contribution is 2.34. The van der Waals surface area contributed by atoms with Crippen molar-refractivity contribution in [2.24, 2.45) is 11.8 Å². The Bertz CT molecular complexity index is 506. The van der Waals surface area contributed by atoms with Crippen LogP contribution in [0.1, 0.15) is 43.8 Å². The number of likely N-dealkylation sites (tertiary alicyclic amines) is 1. The lowest BCUT2D eigenvalue weighted by molar-refractivity contribution is -0.141. The third kappa shape index (κ3) is 2.94. The number of hydrogen-bond acceptors (Lipinski definition) is 3. The number of imidazole rings is 1. The number of carboxylic acids is 1. The van der Waals surface area contributed by atoms with Crippen molar-refractivity contribution in [1.82, 2.24) is 14.9 Å². The van der Waals surface area contributed by atoms with Crippen molar-refractivity contribution >= 4 is 11.9 Å². The maximum Gasteiger partial charge on any atom is 0.306 e. The second-order valence-electron chi connectivity index (χ2n) is 6.12. The van der Waals surface area contributed by atoms with Crippen molar-refractivity contribution < 1.29 is 14.7 Å². The number of rotatable bonds is 3. The Labute approximate surface area is 123 Å². The van der Waals surface area contributed by atoms with Gasteiger partial charge in [-0.25, -0.2) is 4.98 Å². The number of carbonyl (C=O) groups is 2. The summed E-state index contributed by atoms with van der Waals surface area (Å²) in [5.74, 6) is 0.373. The Kier molecular flexibility index (Phi) is 3.94. The van der Waals surface area contributed by atoms with E-state index in [1.807, 2.05) is 11.1 Å². The van der Waals surface area contributed by atoms with Crippen LogP contribution in [0.15, 0.2) is 12.4 Å². The number of nitrogens with one attached hydrogen (secondary N) is 1. The van der Waals surface area contributed by atoms with Crippen molar-refractivity contribution in [2.75, 3.05) is 13.1 Å². The molecule has 1 aromatic heterocycles. The van der Waals surface area contributed by atoms with Gasteiger partial charge in [0, 0.05) is 37.3 Å². The summed E-state index contributed by atoms with van der Waals surface area (Å²) in [5.41, 5.74) is 0. The van der Waals surface area contributed by atoms with Crippen LogP contribution in [0.5, 0.6) is 0 Å². The maximum absolute atomic E-state index is 12.5. The van der Waals surface area contributed by atoms with Crippen LogP contribution in [0, 0.1) is 11.8 Å². The van der Waals surface area contributed by atoms with E-state index in [4.69, 9.17) is 5.11 Å². The topological polar surface area (TPSA) is 86.3 Å². The van der Waals surface area contributed by atoms with Gasteiger partial charge in [0.05, 0.1) is 5.92 Å². The van der Waals surface area contributed by atoms with E-state index in [0.29, 0.717) is 25.2 Å². The second kappa shape index (κ2) is 5.87. The first-order chi connectivity index (χ1) is 10.1. The number of aromatic amines is 1. The van der Waals surface area contributed by atoms with Crippen molar-refractivity contribution in [2.45, 2.75) is 38.0 Å². The first-order valence-corrected chi connectivity index (χ1v) is 7.66. The molecule has 2 atom stereocenters. The number of aromatic nitrogens is 2. The molecular formula is C15H21N3O3. The molecule has 1 amide bonds. The molecule has 1 saturated heterocycles. The molecular weight excluding hydrogens is 270 g/mol. The summed E-state index contributed by atoms with van der Waals surface area (Å²) in [4.78, 5) is 32.8. The minimum absolute atomic E-state index is 0.0914. The van der Waals surface area contributed by atoms with Crippen LogP contribution in [0.4, 0.5) is 0 Å². The van der Waals surface area contributed by atoms with E-state index in [9.17, 15) is 9.59 Å². The van der Waals surface area contributed by atoms with Crippen molar-refractivity contribution in [3.63, 3.8) is 0 Å². The van der Waals surface area contributed by atoms with Gasteiger partial charge < -0.3 is 15.0 Å². The van der Waals surface area contributed by atoms with E-state index >= 15 is 0 Å². The molecule has 1 aliphatic heterocycles. The normalized spacial score (nSPS) is 27.0. The molecule has 2 N–H and O–H groups in total. The van der Waals surface area contributed by atoms with Gasteiger partial charge in [-0.2, -0.15) is 0 Å². The molecule has 0 radical (unpaired) electrons. The van der Waals surface area contributed by atoms with Crippen LogP contribution in [-0.4, -0.2) is 44.9 Å². The fraction of sp³-hybridized carbons (Fsp3) is 0.667. The monoisotopic (exact) mass is 291 g/mol. The average molecular weight is 291 g/mol. The Hall–Kier alpha value is -1.85. The van der Waals surface area contributed by atoms with E-state index in [2.05, 4.69) is 9.97 Å². The van der Waals surface area contributed by atoms with Gasteiger partial charge in [-0.05, 0) is 32.1 Å². The highest BCUT2D eigenvalue weighted by Gasteiger charge is 2.37. The molecule has 1 saturated carbocycles. The van der Waals surface area contributed by atoms with E-state index < -0.39 is 5.97 Å². The third-order valence-corrected chi connectivity index (χ3v) is 4.84. The van der Waals surface area contributed by atoms with Crippen molar-refractivity contribution in [3.05, 3.63) is 18.2 Å². The number of piperidine rings is 1. The summed E-state index contributed by atoms with van der Waals surface area (Å²) in [6, 6.07) is 0. The molecule has 0 spiro atoms. The molecule has 2 aliphatic rings. The summed E-state index contributed by atoms with van der Waals surface area (Å²) in [7, 11) is 0. The zero-order valence-corrected chi connectivity index (χ0v) is 12.0. The minimum atomic E-state index is -0.762. The number of aliphatic carboxylic acids is 1. The van der Waals surface area contributed by atoms with Crippen LogP contribution >= 0.6 is 0 Å². The number of carbonyl (C=O) groups excluding carboxylic acids is 1. The minimum Gasteiger partial charge on any atom is -0.481 e. The largest absolute Gasteiger partial charge is 0.481 e. The lowest BCUT2D eigenvalue weighted by Gasteiger charge is -2.32. The zero-order valence-electron chi connectivity index (χ0n) is 12.0. The quantitative estimate of drug-likeness (QED) is 0.886. The van der Waals surface area contributed by atoms with Gasteiger partial charge in [-0.1, -0.05) is 0 Å². The first kappa shape index (κ1) is 14.1. The molecule has 2 fully saturated rings. The van der Waals surface area contributed by atoms with Crippen LogP contribution in [0.25, 0.3) is 0 Å². The summed E-state index contributed by atoms with van der Waals surface area (Å²) in [6.45, 7) is 1.50. The SMILES string of the molecule is O=C(O)[C@H]1CC[C@@H](C(=O)N2CCC(c3ncc[nH]3)CC2)C1. The molecule has 6 heteroatoms. The Balaban J connectivity index is 1.52. The number of H-pyrrole nitrogens is 1. The molecule has 0 unspecified atom stereocenters. The van der Waals surface area contributed by atoms with E-state index in [1.54, 1.807) is 6.20 Å². The lowest BCUT2D eigenvalue weighted by Crippen LogP contribution is -2.41. The molecule has 2 heterocycles. The molecule has 114 valence electrons. The van der Waals surface area contributed by atoms with Crippen LogP contribution in [0.3, 0.4) is 0 Å². The van der Waals surface area contributed by atoms with Gasteiger partial charge in [-0.3, -0.25) is 9.59 Å². The van der Waals surface area contributed by atoms with Gasteiger partial charge >= 0.3 is 5.97 Å². The highest BCUT2D eigenvalue weighted by molar-refractivity contribution is 5.81. The van der Waals surface area contributed by atoms with E-state index in [0.717, 1.165) is 31.8 Å². The van der Waals surface area contributed by atoms with Crippen LogP contribution in [-0.2, 0) is 9.59 Å². The van der Waals surface area contributed by atoms with Crippen molar-refractivity contribution in [3.8, 4) is 0 Å². The predicted molar refractivity (Wildman–Crippen MR) is 75.6 cm³/mol. The van der Waals surface area contributed by atoms with Crippen LogP contribution < -0.4 is 0 Å². The third-order valence-electron chi connectivity index (χ3n) is 4.84. The molecule has 1 aromatic rings. The van der Waals surface area contributed by atoms with Gasteiger partial charge in [0.2, 0.25) is 5.91 Å². The molecule has 3 rings (SSSR count). The smallest absolute Gasteiger partial charge is 0.306 e. The summed E-state index contributed by atoms with van der Waals surface area (Å²) < 4.78 is 0. The molecule has 0 bridgehead atoms. The predicted octanol–water partition coefficient (Wildman–Crippen LogP) is 1.62. The molecule has 0 aromatic carbocycles. The average Bonchev–Trinajstić information content (AvgIpc) is 3.18. The molecule has 1 aliphatic carbocycles. The Morgan fingerprint density at radius 1 is 1.19 bits per heavy atom. The molecule has 6 nitrogen and oxygen atoms in total. The standard InChI is InChI=1S/C15H21N3O3/c19-14(11-1-2-12(9-11)15(20)21)18-7-3-10(4-8-18)13-16-5-6-17-13/h5-6,10-12H,1-4,7-9H2,(H,16,17)(H,20,21)/t11-,12+/m1/s1. The first-order valence-electron chi connectivity index (χ1n) is 7.66. The number of nitrogens with zero attached hydrogens (tertiary/aromatic N) is 2. The second-order valence-corrected chi connectivity index (χ2v) is 6.12. The fourth-order valence-corrected chi connectivity index (χ4v) is 3.56. The highest BCUT2D eigenvalue weighted by atomic mass is 16.4. The number of carboxylic acid groups (broad SMARTS) is 1. The van der Waals surface area contributed by atoms with E-state index in [1.165, 1.54) is 0 Å². The van der Waals surface area contributed by atoms with Gasteiger partial charge in [-0.15, -0.1) is 0 Å². The number of amides is 1. The maximum atomic E-state index is 12.5. The Morgan fingerprint density at radius 2 is 1.90 bits per heavy atom. The summed E-state index contributed by atoms with van der Waals surface area (Å²) in [6.07, 6.45) is 7.30. The summed E-state index contributed by atoms with van der Waals surface area (Å²) >= 11 is 0. The molecule has 21 heavy (non-hydrogen) atoms. The van der Waals surface area contributed by atoms with Gasteiger partial charge in [0.1, 0.15) is 5.82 Å². The van der Waals surface area contributed by atoms with E-state index in [-0.39, 0.29) is 17.7 Å². The number of hydrogen-bond donors (Lipinski definition) is 2. The fourth-order valence-electron chi connectivity index (χ4n) is 3.56. The van der Waals surface area contributed by atoms with Gasteiger partial charge in [0.25, 0.3) is 0 Å². The Morgan fingerprint density at radius 3 is 2.48 bits per heavy atom. The van der Waals surface area contributed by atoms with Crippen LogP contribution in [0.2, 0.25) is 0 Å². The lowest BCUT2D eigenvalue weighted by atomic mass is 9.94.